The van der Waals surface area contributed by atoms with Crippen LogP contribution in [0.3, 0.4) is 0 Å². The van der Waals surface area contributed by atoms with Crippen molar-refractivity contribution in [1.82, 2.24) is 4.98 Å². The zero-order chi connectivity index (χ0) is 12.3. The minimum atomic E-state index is 0.588. The van der Waals surface area contributed by atoms with Crippen molar-refractivity contribution in [3.63, 3.8) is 0 Å². The van der Waals surface area contributed by atoms with Gasteiger partial charge < -0.3 is 10.2 Å². The van der Waals surface area contributed by atoms with E-state index in [9.17, 15) is 0 Å². The van der Waals surface area contributed by atoms with Crippen LogP contribution in [0.2, 0.25) is 4.47 Å². The monoisotopic (exact) mass is 267 g/mol. The Morgan fingerprint density at radius 1 is 1.29 bits per heavy atom. The summed E-state index contributed by atoms with van der Waals surface area (Å²) in [6, 6.07) is 8.31. The van der Waals surface area contributed by atoms with Gasteiger partial charge in [0.05, 0.1) is 6.54 Å². The van der Waals surface area contributed by atoms with Gasteiger partial charge in [-0.05, 0) is 24.3 Å². The van der Waals surface area contributed by atoms with Crippen LogP contribution in [0.15, 0.2) is 30.5 Å². The average Bonchev–Trinajstić information content (AvgIpc) is 2.73. The molecule has 1 heterocycles. The number of rotatable bonds is 4. The molecule has 0 atom stereocenters. The summed E-state index contributed by atoms with van der Waals surface area (Å²) in [6.07, 6.45) is 1.80. The molecule has 0 spiro atoms. The quantitative estimate of drug-likeness (QED) is 0.919. The number of nitrogens with zero attached hydrogens (tertiary/aromatic N) is 2. The van der Waals surface area contributed by atoms with E-state index in [1.54, 1.807) is 6.20 Å². The van der Waals surface area contributed by atoms with Gasteiger partial charge in [0.2, 0.25) is 0 Å². The van der Waals surface area contributed by atoms with E-state index >= 15 is 0 Å². The minimum absolute atomic E-state index is 0.588. The maximum Gasteiger partial charge on any atom is 0.183 e. The fourth-order valence-corrected chi connectivity index (χ4v) is 2.35. The molecule has 1 N–H and O–H groups in total. The topological polar surface area (TPSA) is 28.2 Å². The smallest absolute Gasteiger partial charge is 0.183 e. The van der Waals surface area contributed by atoms with Crippen molar-refractivity contribution in [2.45, 2.75) is 6.54 Å². The van der Waals surface area contributed by atoms with Gasteiger partial charge in [0, 0.05) is 36.5 Å². The van der Waals surface area contributed by atoms with Gasteiger partial charge in [0.1, 0.15) is 0 Å². The number of halogens is 1. The highest BCUT2D eigenvalue weighted by molar-refractivity contribution is 7.15. The Bertz CT molecular complexity index is 479. The van der Waals surface area contributed by atoms with Crippen LogP contribution in [-0.2, 0) is 6.54 Å². The van der Waals surface area contributed by atoms with Crippen LogP contribution in [-0.4, -0.2) is 19.1 Å². The number of anilines is 2. The molecule has 0 aliphatic rings. The van der Waals surface area contributed by atoms with Crippen LogP contribution in [0, 0.1) is 0 Å². The van der Waals surface area contributed by atoms with Crippen molar-refractivity contribution in [2.75, 3.05) is 24.3 Å². The Morgan fingerprint density at radius 3 is 2.53 bits per heavy atom. The Morgan fingerprint density at radius 2 is 2.00 bits per heavy atom. The Hall–Kier alpha value is -1.26. The average molecular weight is 268 g/mol. The predicted molar refractivity (Wildman–Crippen MR) is 75.2 cm³/mol. The molecule has 3 nitrogen and oxygen atoms in total. The molecule has 0 saturated heterocycles. The zero-order valence-electron chi connectivity index (χ0n) is 9.77. The number of hydrogen-bond acceptors (Lipinski definition) is 4. The van der Waals surface area contributed by atoms with Gasteiger partial charge in [0.15, 0.2) is 4.47 Å². The van der Waals surface area contributed by atoms with Crippen molar-refractivity contribution in [3.8, 4) is 0 Å². The van der Waals surface area contributed by atoms with Crippen LogP contribution in [0.1, 0.15) is 4.88 Å². The molecule has 1 aromatic carbocycles. The lowest BCUT2D eigenvalue weighted by Crippen LogP contribution is -2.08. The summed E-state index contributed by atoms with van der Waals surface area (Å²) < 4.78 is 0.588. The maximum atomic E-state index is 5.77. The largest absolute Gasteiger partial charge is 0.380 e. The van der Waals surface area contributed by atoms with E-state index in [0.29, 0.717) is 4.47 Å². The van der Waals surface area contributed by atoms with Crippen LogP contribution in [0.4, 0.5) is 11.4 Å². The second-order valence-electron chi connectivity index (χ2n) is 3.87. The first kappa shape index (κ1) is 12.2. The molecule has 0 aliphatic heterocycles. The Balaban J connectivity index is 1.95. The number of hydrogen-bond donors (Lipinski definition) is 1. The summed E-state index contributed by atoms with van der Waals surface area (Å²) in [5, 5.41) is 3.33. The number of nitrogens with one attached hydrogen (secondary N) is 1. The van der Waals surface area contributed by atoms with Crippen molar-refractivity contribution in [2.24, 2.45) is 0 Å². The molecule has 0 amide bonds. The van der Waals surface area contributed by atoms with Crippen LogP contribution >= 0.6 is 22.9 Å². The maximum absolute atomic E-state index is 5.77. The van der Waals surface area contributed by atoms with Gasteiger partial charge in [-0.1, -0.05) is 11.6 Å². The molecule has 2 aromatic rings. The van der Waals surface area contributed by atoms with Gasteiger partial charge in [-0.25, -0.2) is 4.98 Å². The fraction of sp³-hybridized carbons (Fsp3) is 0.250. The molecule has 1 aromatic heterocycles. The molecule has 0 saturated carbocycles. The van der Waals surface area contributed by atoms with Gasteiger partial charge >= 0.3 is 0 Å². The van der Waals surface area contributed by atoms with Crippen LogP contribution < -0.4 is 10.2 Å². The van der Waals surface area contributed by atoms with Gasteiger partial charge in [-0.15, -0.1) is 11.3 Å². The highest BCUT2D eigenvalue weighted by atomic mass is 35.5. The van der Waals surface area contributed by atoms with E-state index in [4.69, 9.17) is 11.6 Å². The predicted octanol–water partition coefficient (Wildman–Crippen LogP) is 3.47. The number of aromatic nitrogens is 1. The molecule has 17 heavy (non-hydrogen) atoms. The van der Waals surface area contributed by atoms with Crippen molar-refractivity contribution < 1.29 is 0 Å². The molecule has 2 rings (SSSR count). The van der Waals surface area contributed by atoms with E-state index in [-0.39, 0.29) is 0 Å². The second-order valence-corrected chi connectivity index (χ2v) is 5.57. The summed E-state index contributed by atoms with van der Waals surface area (Å²) >= 11 is 7.27. The highest BCUT2D eigenvalue weighted by Gasteiger charge is 2.00. The lowest BCUT2D eigenvalue weighted by molar-refractivity contribution is 1.13. The molecule has 0 bridgehead atoms. The molecule has 5 heteroatoms. The fourth-order valence-electron chi connectivity index (χ4n) is 1.43. The standard InChI is InChI=1S/C12H14ClN3S/c1-16(2)10-5-3-9(4-6-10)14-7-11-8-15-12(13)17-11/h3-6,8,14H,7H2,1-2H3. The molecule has 90 valence electrons. The van der Waals surface area contributed by atoms with E-state index in [1.165, 1.54) is 17.0 Å². The van der Waals surface area contributed by atoms with Gasteiger partial charge in [-0.3, -0.25) is 0 Å². The van der Waals surface area contributed by atoms with Crippen LogP contribution in [0.5, 0.6) is 0 Å². The lowest BCUT2D eigenvalue weighted by atomic mass is 10.2. The van der Waals surface area contributed by atoms with Crippen molar-refractivity contribution >= 4 is 34.3 Å². The van der Waals surface area contributed by atoms with Crippen molar-refractivity contribution in [1.29, 1.82) is 0 Å². The Labute approximate surface area is 110 Å². The lowest BCUT2D eigenvalue weighted by Gasteiger charge is -2.13. The van der Waals surface area contributed by atoms with E-state index in [0.717, 1.165) is 17.1 Å². The first-order valence-electron chi connectivity index (χ1n) is 5.26. The van der Waals surface area contributed by atoms with E-state index < -0.39 is 0 Å². The SMILES string of the molecule is CN(C)c1ccc(NCc2cnc(Cl)s2)cc1. The van der Waals surface area contributed by atoms with E-state index in [2.05, 4.69) is 39.5 Å². The summed E-state index contributed by atoms with van der Waals surface area (Å²) in [7, 11) is 4.06. The summed E-state index contributed by atoms with van der Waals surface area (Å²) in [5.74, 6) is 0. The van der Waals surface area contributed by atoms with Gasteiger partial charge in [-0.2, -0.15) is 0 Å². The Kier molecular flexibility index (Phi) is 3.86. The summed E-state index contributed by atoms with van der Waals surface area (Å²) in [6.45, 7) is 0.756. The summed E-state index contributed by atoms with van der Waals surface area (Å²) in [5.41, 5.74) is 2.29. The second kappa shape index (κ2) is 5.38. The molecule has 0 radical (unpaired) electrons. The molecule has 0 fully saturated rings. The molecule has 0 aliphatic carbocycles. The van der Waals surface area contributed by atoms with E-state index in [1.807, 2.05) is 14.1 Å². The molecular weight excluding hydrogens is 254 g/mol. The number of thiazole rings is 1. The summed E-state index contributed by atoms with van der Waals surface area (Å²) in [4.78, 5) is 7.21. The first-order valence-corrected chi connectivity index (χ1v) is 6.46. The normalized spacial score (nSPS) is 10.3. The minimum Gasteiger partial charge on any atom is -0.380 e. The molecular formula is C12H14ClN3S. The molecule has 0 unspecified atom stereocenters. The first-order chi connectivity index (χ1) is 8.15. The third-order valence-electron chi connectivity index (χ3n) is 2.38. The van der Waals surface area contributed by atoms with Crippen LogP contribution in [0.25, 0.3) is 0 Å². The number of benzene rings is 1. The third kappa shape index (κ3) is 3.35. The highest BCUT2D eigenvalue weighted by Crippen LogP contribution is 2.20. The van der Waals surface area contributed by atoms with Crippen molar-refractivity contribution in [3.05, 3.63) is 39.8 Å². The van der Waals surface area contributed by atoms with Gasteiger partial charge in [0.25, 0.3) is 0 Å². The zero-order valence-corrected chi connectivity index (χ0v) is 11.3. The third-order valence-corrected chi connectivity index (χ3v) is 3.49.